The first-order valence-electron chi connectivity index (χ1n) is 10.6. The Labute approximate surface area is 202 Å². The standard InChI is InChI=1S/C24H23Cl2N5O2/c25-19-7-2-1-6-18(19)23(32)31-13-5-12-30(14-15-31)22-11-10-17(16-27-22)28-24(33)29-21-9-4-3-8-20(21)26/h1-4,6-11,16H,5,12-15H2,(H2,28,29,33). The number of nitrogens with zero attached hydrogens (tertiary/aromatic N) is 3. The van der Waals surface area contributed by atoms with E-state index in [-0.39, 0.29) is 5.91 Å². The molecular weight excluding hydrogens is 461 g/mol. The van der Waals surface area contributed by atoms with E-state index >= 15 is 0 Å². The van der Waals surface area contributed by atoms with Crippen LogP contribution in [0.15, 0.2) is 66.9 Å². The molecule has 2 N–H and O–H groups in total. The Kier molecular flexibility index (Phi) is 7.32. The monoisotopic (exact) mass is 483 g/mol. The fraction of sp³-hybridized carbons (Fsp3) is 0.208. The maximum Gasteiger partial charge on any atom is 0.323 e. The molecule has 0 unspecified atom stereocenters. The number of para-hydroxylation sites is 1. The zero-order valence-corrected chi connectivity index (χ0v) is 19.3. The van der Waals surface area contributed by atoms with Crippen molar-refractivity contribution < 1.29 is 9.59 Å². The molecule has 3 aromatic rings. The number of carbonyl (C=O) groups excluding carboxylic acids is 2. The number of urea groups is 1. The highest BCUT2D eigenvalue weighted by atomic mass is 35.5. The summed E-state index contributed by atoms with van der Waals surface area (Å²) in [5, 5.41) is 6.39. The summed E-state index contributed by atoms with van der Waals surface area (Å²) in [4.78, 5) is 33.6. The summed E-state index contributed by atoms with van der Waals surface area (Å²) in [6.45, 7) is 2.66. The Morgan fingerprint density at radius 2 is 1.58 bits per heavy atom. The van der Waals surface area contributed by atoms with Crippen molar-refractivity contribution in [1.29, 1.82) is 0 Å². The summed E-state index contributed by atoms with van der Waals surface area (Å²) in [6.07, 6.45) is 2.43. The minimum absolute atomic E-state index is 0.0560. The third-order valence-corrected chi connectivity index (χ3v) is 6.00. The van der Waals surface area contributed by atoms with E-state index < -0.39 is 6.03 Å². The maximum atomic E-state index is 12.9. The summed E-state index contributed by atoms with van der Waals surface area (Å²) in [7, 11) is 0. The molecule has 1 aromatic heterocycles. The predicted molar refractivity (Wildman–Crippen MR) is 133 cm³/mol. The Morgan fingerprint density at radius 1 is 0.818 bits per heavy atom. The molecule has 9 heteroatoms. The normalized spacial score (nSPS) is 13.9. The number of rotatable bonds is 4. The third-order valence-electron chi connectivity index (χ3n) is 5.34. The number of benzene rings is 2. The zero-order chi connectivity index (χ0) is 23.2. The highest BCUT2D eigenvalue weighted by Gasteiger charge is 2.22. The first-order valence-corrected chi connectivity index (χ1v) is 11.3. The molecule has 1 aliphatic heterocycles. The van der Waals surface area contributed by atoms with Gasteiger partial charge in [0, 0.05) is 26.2 Å². The van der Waals surface area contributed by atoms with Crippen LogP contribution in [0.1, 0.15) is 16.8 Å². The molecule has 33 heavy (non-hydrogen) atoms. The highest BCUT2D eigenvalue weighted by molar-refractivity contribution is 6.34. The van der Waals surface area contributed by atoms with E-state index in [2.05, 4.69) is 20.5 Å². The van der Waals surface area contributed by atoms with E-state index in [4.69, 9.17) is 23.2 Å². The quantitative estimate of drug-likeness (QED) is 0.521. The predicted octanol–water partition coefficient (Wildman–Crippen LogP) is 5.38. The second kappa shape index (κ2) is 10.6. The Morgan fingerprint density at radius 3 is 2.30 bits per heavy atom. The molecule has 1 fully saturated rings. The van der Waals surface area contributed by atoms with E-state index in [0.717, 1.165) is 18.8 Å². The van der Waals surface area contributed by atoms with Crippen LogP contribution in [0.25, 0.3) is 0 Å². The van der Waals surface area contributed by atoms with Gasteiger partial charge in [0.05, 0.1) is 33.2 Å². The van der Waals surface area contributed by atoms with Crippen LogP contribution in [0.3, 0.4) is 0 Å². The molecule has 7 nitrogen and oxygen atoms in total. The first-order chi connectivity index (χ1) is 16.0. The molecule has 1 saturated heterocycles. The second-order valence-corrected chi connectivity index (χ2v) is 8.39. The summed E-state index contributed by atoms with van der Waals surface area (Å²) in [6, 6.07) is 17.4. The molecule has 0 atom stereocenters. The molecule has 0 bridgehead atoms. The summed E-state index contributed by atoms with van der Waals surface area (Å²) in [5.41, 5.74) is 1.62. The lowest BCUT2D eigenvalue weighted by molar-refractivity contribution is 0.0767. The number of carbonyl (C=O) groups is 2. The van der Waals surface area contributed by atoms with Crippen LogP contribution in [0.4, 0.5) is 22.0 Å². The van der Waals surface area contributed by atoms with Crippen molar-refractivity contribution in [2.45, 2.75) is 6.42 Å². The van der Waals surface area contributed by atoms with Crippen LogP contribution >= 0.6 is 23.2 Å². The lowest BCUT2D eigenvalue weighted by Gasteiger charge is -2.23. The van der Waals surface area contributed by atoms with Crippen molar-refractivity contribution in [1.82, 2.24) is 9.88 Å². The number of halogens is 2. The lowest BCUT2D eigenvalue weighted by atomic mass is 10.2. The largest absolute Gasteiger partial charge is 0.355 e. The maximum absolute atomic E-state index is 12.9. The van der Waals surface area contributed by atoms with Crippen LogP contribution in [0, 0.1) is 0 Å². The summed E-state index contributed by atoms with van der Waals surface area (Å²) in [5.74, 6) is 0.735. The Hall–Kier alpha value is -3.29. The number of amides is 3. The van der Waals surface area contributed by atoms with Crippen molar-refractivity contribution in [2.24, 2.45) is 0 Å². The fourth-order valence-corrected chi connectivity index (χ4v) is 4.05. The van der Waals surface area contributed by atoms with E-state index in [1.165, 1.54) is 0 Å². The molecule has 2 aromatic carbocycles. The minimum Gasteiger partial charge on any atom is -0.355 e. The van der Waals surface area contributed by atoms with Gasteiger partial charge in [-0.25, -0.2) is 9.78 Å². The molecular formula is C24H23Cl2N5O2. The molecule has 0 saturated carbocycles. The zero-order valence-electron chi connectivity index (χ0n) is 17.8. The Balaban J connectivity index is 1.34. The average molecular weight is 484 g/mol. The van der Waals surface area contributed by atoms with Gasteiger partial charge in [-0.3, -0.25) is 4.79 Å². The van der Waals surface area contributed by atoms with Crippen molar-refractivity contribution in [3.8, 4) is 0 Å². The number of hydrogen-bond donors (Lipinski definition) is 2. The van der Waals surface area contributed by atoms with Gasteiger partial charge in [0.1, 0.15) is 5.82 Å². The van der Waals surface area contributed by atoms with E-state index in [1.807, 2.05) is 23.1 Å². The van der Waals surface area contributed by atoms with Gasteiger partial charge >= 0.3 is 6.03 Å². The topological polar surface area (TPSA) is 77.6 Å². The molecule has 0 radical (unpaired) electrons. The number of anilines is 3. The van der Waals surface area contributed by atoms with Gasteiger partial charge in [0.15, 0.2) is 0 Å². The third kappa shape index (κ3) is 5.74. The number of hydrogen-bond acceptors (Lipinski definition) is 4. The number of nitrogens with one attached hydrogen (secondary N) is 2. The van der Waals surface area contributed by atoms with Gasteiger partial charge in [-0.15, -0.1) is 0 Å². The molecule has 1 aliphatic rings. The van der Waals surface area contributed by atoms with Crippen molar-refractivity contribution in [3.05, 3.63) is 82.5 Å². The van der Waals surface area contributed by atoms with Gasteiger partial charge in [0.25, 0.3) is 5.91 Å². The molecule has 2 heterocycles. The van der Waals surface area contributed by atoms with Gasteiger partial charge in [-0.1, -0.05) is 47.5 Å². The highest BCUT2D eigenvalue weighted by Crippen LogP contribution is 2.22. The second-order valence-electron chi connectivity index (χ2n) is 7.58. The van der Waals surface area contributed by atoms with Crippen LogP contribution in [0.2, 0.25) is 10.0 Å². The van der Waals surface area contributed by atoms with Crippen LogP contribution in [0.5, 0.6) is 0 Å². The van der Waals surface area contributed by atoms with Crippen molar-refractivity contribution >= 4 is 52.3 Å². The summed E-state index contributed by atoms with van der Waals surface area (Å²) < 4.78 is 0. The van der Waals surface area contributed by atoms with Crippen molar-refractivity contribution in [2.75, 3.05) is 41.7 Å². The lowest BCUT2D eigenvalue weighted by Crippen LogP contribution is -2.35. The molecule has 3 amide bonds. The average Bonchev–Trinajstić information content (AvgIpc) is 3.07. The number of aromatic nitrogens is 1. The summed E-state index contributed by atoms with van der Waals surface area (Å²) >= 11 is 12.3. The molecule has 0 spiro atoms. The first kappa shape index (κ1) is 22.9. The van der Waals surface area contributed by atoms with E-state index in [9.17, 15) is 9.59 Å². The Bertz CT molecular complexity index is 1140. The van der Waals surface area contributed by atoms with Crippen LogP contribution < -0.4 is 15.5 Å². The minimum atomic E-state index is -0.402. The smallest absolute Gasteiger partial charge is 0.323 e. The van der Waals surface area contributed by atoms with Gasteiger partial charge in [-0.2, -0.15) is 0 Å². The molecule has 0 aliphatic carbocycles. The van der Waals surface area contributed by atoms with Gasteiger partial charge in [0.2, 0.25) is 0 Å². The number of pyridine rings is 1. The van der Waals surface area contributed by atoms with Gasteiger partial charge < -0.3 is 20.4 Å². The van der Waals surface area contributed by atoms with E-state index in [0.29, 0.717) is 46.6 Å². The van der Waals surface area contributed by atoms with Crippen LogP contribution in [-0.4, -0.2) is 48.0 Å². The molecule has 4 rings (SSSR count). The van der Waals surface area contributed by atoms with Crippen molar-refractivity contribution in [3.63, 3.8) is 0 Å². The van der Waals surface area contributed by atoms with Gasteiger partial charge in [-0.05, 0) is 42.8 Å². The SMILES string of the molecule is O=C(Nc1ccc(N2CCCN(C(=O)c3ccccc3Cl)CC2)nc1)Nc1ccccc1Cl. The fourth-order valence-electron chi connectivity index (χ4n) is 3.65. The molecule has 170 valence electrons. The van der Waals surface area contributed by atoms with E-state index in [1.54, 1.807) is 48.7 Å². The van der Waals surface area contributed by atoms with Crippen LogP contribution in [-0.2, 0) is 0 Å².